The van der Waals surface area contributed by atoms with E-state index in [-0.39, 0.29) is 11.8 Å². The number of H-pyrrole nitrogens is 2. The molecule has 1 fully saturated rings. The first-order valence-electron chi connectivity index (χ1n) is 12.5. The van der Waals surface area contributed by atoms with Crippen LogP contribution in [-0.4, -0.2) is 66.4 Å². The molecule has 182 valence electrons. The Bertz CT molecular complexity index is 1170. The topological polar surface area (TPSA) is 77.2 Å². The summed E-state index contributed by atoms with van der Waals surface area (Å²) < 4.78 is 5.49. The fraction of sp³-hybridized carbons (Fsp3) is 0.556. The van der Waals surface area contributed by atoms with E-state index in [0.29, 0.717) is 25.2 Å². The number of hydrogen-bond acceptors (Lipinski definition) is 4. The van der Waals surface area contributed by atoms with Crippen molar-refractivity contribution in [1.82, 2.24) is 20.1 Å². The van der Waals surface area contributed by atoms with Crippen molar-refractivity contribution < 1.29 is 9.53 Å². The number of hydrogen-bond donors (Lipinski definition) is 2. The number of likely N-dealkylation sites (N-methyl/N-ethyl adjacent to an activating group) is 1. The molecule has 3 heterocycles. The SMILES string of the molecule is CN(C)CCN(C(=O)C1CCOCC1)c1ccc2cc(-c3n[nH]c4c3CCC(C)(C)C4)[nH]c2c1. The van der Waals surface area contributed by atoms with Crippen molar-refractivity contribution in [1.29, 1.82) is 0 Å². The van der Waals surface area contributed by atoms with E-state index in [2.05, 4.69) is 58.2 Å². The lowest BCUT2D eigenvalue weighted by Crippen LogP contribution is -2.42. The second-order valence-corrected chi connectivity index (χ2v) is 11.0. The molecule has 1 aromatic carbocycles. The average molecular weight is 464 g/mol. The van der Waals surface area contributed by atoms with Crippen LogP contribution in [0.3, 0.4) is 0 Å². The molecular weight excluding hydrogens is 426 g/mol. The molecule has 0 unspecified atom stereocenters. The zero-order chi connectivity index (χ0) is 23.9. The van der Waals surface area contributed by atoms with Gasteiger partial charge in [-0.3, -0.25) is 9.89 Å². The van der Waals surface area contributed by atoms with E-state index >= 15 is 0 Å². The summed E-state index contributed by atoms with van der Waals surface area (Å²) in [5, 5.41) is 9.12. The van der Waals surface area contributed by atoms with Crippen LogP contribution in [0, 0.1) is 11.3 Å². The van der Waals surface area contributed by atoms with Crippen LogP contribution in [0.5, 0.6) is 0 Å². The van der Waals surface area contributed by atoms with Gasteiger partial charge in [0.2, 0.25) is 5.91 Å². The standard InChI is InChI=1S/C27H37N5O2/c1-27(2)10-7-21-24(17-27)29-30-25(21)23-15-19-5-6-20(16-22(19)28-23)32(12-11-31(3)4)26(33)18-8-13-34-14-9-18/h5-6,15-16,18,28H,7-14,17H2,1-4H3,(H,29,30). The summed E-state index contributed by atoms with van der Waals surface area (Å²) in [5.74, 6) is 0.242. The molecule has 2 aromatic heterocycles. The van der Waals surface area contributed by atoms with Crippen molar-refractivity contribution in [3.05, 3.63) is 35.5 Å². The number of carbonyl (C=O) groups is 1. The van der Waals surface area contributed by atoms with Gasteiger partial charge in [-0.25, -0.2) is 0 Å². The van der Waals surface area contributed by atoms with Crippen LogP contribution in [0.1, 0.15) is 44.4 Å². The summed E-state index contributed by atoms with van der Waals surface area (Å²) in [6.45, 7) is 7.48. The first kappa shape index (κ1) is 23.1. The van der Waals surface area contributed by atoms with Gasteiger partial charge in [0, 0.05) is 60.1 Å². The first-order chi connectivity index (χ1) is 16.3. The Morgan fingerprint density at radius 2 is 1.97 bits per heavy atom. The van der Waals surface area contributed by atoms with E-state index in [9.17, 15) is 4.79 Å². The summed E-state index contributed by atoms with van der Waals surface area (Å²) in [6, 6.07) is 8.50. The zero-order valence-electron chi connectivity index (χ0n) is 20.9. The van der Waals surface area contributed by atoms with Crippen LogP contribution in [-0.2, 0) is 22.4 Å². The maximum absolute atomic E-state index is 13.5. The molecule has 3 aromatic rings. The summed E-state index contributed by atoms with van der Waals surface area (Å²) in [4.78, 5) is 21.2. The lowest BCUT2D eigenvalue weighted by Gasteiger charge is -2.30. The first-order valence-corrected chi connectivity index (χ1v) is 12.5. The van der Waals surface area contributed by atoms with E-state index in [1.165, 1.54) is 17.7 Å². The minimum Gasteiger partial charge on any atom is -0.381 e. The van der Waals surface area contributed by atoms with Crippen molar-refractivity contribution >= 4 is 22.5 Å². The van der Waals surface area contributed by atoms with E-state index in [1.54, 1.807) is 0 Å². The number of rotatable bonds is 6. The second-order valence-electron chi connectivity index (χ2n) is 11.0. The lowest BCUT2D eigenvalue weighted by atomic mass is 9.76. The Labute approximate surface area is 201 Å². The number of nitrogens with one attached hydrogen (secondary N) is 2. The number of anilines is 1. The number of nitrogens with zero attached hydrogens (tertiary/aromatic N) is 3. The van der Waals surface area contributed by atoms with Crippen LogP contribution in [0.4, 0.5) is 5.69 Å². The molecule has 0 saturated carbocycles. The highest BCUT2D eigenvalue weighted by Crippen LogP contribution is 2.38. The van der Waals surface area contributed by atoms with Gasteiger partial charge < -0.3 is 19.5 Å². The predicted molar refractivity (Wildman–Crippen MR) is 136 cm³/mol. The molecule has 0 atom stereocenters. The molecule has 2 N–H and O–H groups in total. The number of fused-ring (bicyclic) bond motifs is 2. The van der Waals surface area contributed by atoms with E-state index in [4.69, 9.17) is 4.74 Å². The van der Waals surface area contributed by atoms with Crippen molar-refractivity contribution in [2.75, 3.05) is 45.3 Å². The number of aromatic amines is 2. The van der Waals surface area contributed by atoms with Crippen molar-refractivity contribution in [3.8, 4) is 11.4 Å². The highest BCUT2D eigenvalue weighted by molar-refractivity contribution is 5.98. The highest BCUT2D eigenvalue weighted by atomic mass is 16.5. The quantitative estimate of drug-likeness (QED) is 0.568. The fourth-order valence-corrected chi connectivity index (χ4v) is 5.31. The minimum absolute atomic E-state index is 0.0330. The number of aromatic nitrogens is 3. The summed E-state index contributed by atoms with van der Waals surface area (Å²) >= 11 is 0. The third kappa shape index (κ3) is 4.64. The van der Waals surface area contributed by atoms with Crippen LogP contribution < -0.4 is 4.90 Å². The van der Waals surface area contributed by atoms with Crippen LogP contribution in [0.2, 0.25) is 0 Å². The molecule has 7 nitrogen and oxygen atoms in total. The van der Waals surface area contributed by atoms with Gasteiger partial charge in [-0.05, 0) is 69.8 Å². The maximum Gasteiger partial charge on any atom is 0.230 e. The molecule has 1 saturated heterocycles. The predicted octanol–water partition coefficient (Wildman–Crippen LogP) is 4.39. The van der Waals surface area contributed by atoms with E-state index in [1.807, 2.05) is 19.0 Å². The van der Waals surface area contributed by atoms with Gasteiger partial charge in [0.1, 0.15) is 5.69 Å². The Hall–Kier alpha value is -2.64. The van der Waals surface area contributed by atoms with Crippen LogP contribution in [0.25, 0.3) is 22.3 Å². The average Bonchev–Trinajstić information content (AvgIpc) is 3.41. The third-order valence-electron chi connectivity index (χ3n) is 7.44. The summed E-state index contributed by atoms with van der Waals surface area (Å²) in [7, 11) is 4.09. The van der Waals surface area contributed by atoms with Crippen LogP contribution in [0.15, 0.2) is 24.3 Å². The van der Waals surface area contributed by atoms with Crippen molar-refractivity contribution in [2.45, 2.75) is 46.0 Å². The normalized spacial score (nSPS) is 18.4. The molecular formula is C27H37N5O2. The molecule has 1 amide bonds. The highest BCUT2D eigenvalue weighted by Gasteiger charge is 2.30. The van der Waals surface area contributed by atoms with Gasteiger partial charge in [0.25, 0.3) is 0 Å². The number of amides is 1. The van der Waals surface area contributed by atoms with E-state index in [0.717, 1.165) is 60.2 Å². The Kier molecular flexibility index (Phi) is 6.25. The van der Waals surface area contributed by atoms with Crippen molar-refractivity contribution in [3.63, 3.8) is 0 Å². The Morgan fingerprint density at radius 3 is 2.74 bits per heavy atom. The van der Waals surface area contributed by atoms with Gasteiger partial charge in [-0.2, -0.15) is 5.10 Å². The molecule has 0 spiro atoms. The molecule has 1 aliphatic heterocycles. The van der Waals surface area contributed by atoms with Gasteiger partial charge >= 0.3 is 0 Å². The van der Waals surface area contributed by atoms with Crippen molar-refractivity contribution in [2.24, 2.45) is 11.3 Å². The summed E-state index contributed by atoms with van der Waals surface area (Å²) in [5.41, 5.74) is 6.99. The van der Waals surface area contributed by atoms with Gasteiger partial charge in [-0.1, -0.05) is 19.9 Å². The largest absolute Gasteiger partial charge is 0.381 e. The van der Waals surface area contributed by atoms with Gasteiger partial charge in [0.05, 0.1) is 5.69 Å². The fourth-order valence-electron chi connectivity index (χ4n) is 5.31. The number of benzene rings is 1. The smallest absolute Gasteiger partial charge is 0.230 e. The number of carbonyl (C=O) groups excluding carboxylic acids is 1. The van der Waals surface area contributed by atoms with Gasteiger partial charge in [-0.15, -0.1) is 0 Å². The third-order valence-corrected chi connectivity index (χ3v) is 7.44. The molecule has 1 aliphatic carbocycles. The molecule has 0 radical (unpaired) electrons. The molecule has 5 rings (SSSR count). The Balaban J connectivity index is 1.45. The molecule has 2 aliphatic rings. The maximum atomic E-state index is 13.5. The minimum atomic E-state index is 0.0330. The molecule has 0 bridgehead atoms. The van der Waals surface area contributed by atoms with Crippen LogP contribution >= 0.6 is 0 Å². The van der Waals surface area contributed by atoms with Gasteiger partial charge in [0.15, 0.2) is 0 Å². The number of ether oxygens (including phenoxy) is 1. The lowest BCUT2D eigenvalue weighted by molar-refractivity contribution is -0.125. The molecule has 7 heteroatoms. The second kappa shape index (κ2) is 9.19. The van der Waals surface area contributed by atoms with E-state index < -0.39 is 0 Å². The monoisotopic (exact) mass is 463 g/mol. The molecule has 34 heavy (non-hydrogen) atoms. The zero-order valence-corrected chi connectivity index (χ0v) is 20.9. The Morgan fingerprint density at radius 1 is 1.18 bits per heavy atom. The summed E-state index contributed by atoms with van der Waals surface area (Å²) in [6.07, 6.45) is 4.86.